The van der Waals surface area contributed by atoms with Crippen molar-refractivity contribution in [1.82, 2.24) is 9.97 Å². The second-order valence-corrected chi connectivity index (χ2v) is 5.26. The molecule has 4 nitrogen and oxygen atoms in total. The van der Waals surface area contributed by atoms with Crippen molar-refractivity contribution in [3.63, 3.8) is 0 Å². The number of aromatic amines is 1. The SMILES string of the molecule is CC(N)c1ccc(Sc2nccc(=O)[nH]2)c(Cl)c1. The Labute approximate surface area is 114 Å². The number of aromatic nitrogens is 2. The molecule has 0 fully saturated rings. The number of hydrogen-bond acceptors (Lipinski definition) is 4. The van der Waals surface area contributed by atoms with E-state index in [1.807, 2.05) is 25.1 Å². The van der Waals surface area contributed by atoms with Crippen molar-refractivity contribution >= 4 is 23.4 Å². The average Bonchev–Trinajstić information content (AvgIpc) is 2.31. The van der Waals surface area contributed by atoms with Crippen molar-refractivity contribution in [1.29, 1.82) is 0 Å². The standard InChI is InChI=1S/C12H12ClN3OS/c1-7(14)8-2-3-10(9(13)6-8)18-12-15-5-4-11(17)16-12/h2-7H,14H2,1H3,(H,15,16,17). The highest BCUT2D eigenvalue weighted by Gasteiger charge is 2.07. The second-order valence-electron chi connectivity index (χ2n) is 3.82. The Morgan fingerprint density at radius 2 is 2.22 bits per heavy atom. The van der Waals surface area contributed by atoms with Crippen molar-refractivity contribution in [3.8, 4) is 0 Å². The Hall–Kier alpha value is -1.30. The van der Waals surface area contributed by atoms with E-state index in [4.69, 9.17) is 17.3 Å². The first-order chi connectivity index (χ1) is 8.56. The minimum absolute atomic E-state index is 0.0591. The van der Waals surface area contributed by atoms with Gasteiger partial charge in [-0.05, 0) is 24.6 Å². The molecule has 1 unspecified atom stereocenters. The van der Waals surface area contributed by atoms with Crippen LogP contribution in [-0.2, 0) is 0 Å². The van der Waals surface area contributed by atoms with E-state index in [0.29, 0.717) is 10.2 Å². The van der Waals surface area contributed by atoms with Gasteiger partial charge in [-0.3, -0.25) is 4.79 Å². The topological polar surface area (TPSA) is 71.8 Å². The van der Waals surface area contributed by atoms with Gasteiger partial charge in [0.2, 0.25) is 0 Å². The maximum absolute atomic E-state index is 11.2. The van der Waals surface area contributed by atoms with Crippen LogP contribution in [0, 0.1) is 0 Å². The van der Waals surface area contributed by atoms with Crippen LogP contribution >= 0.6 is 23.4 Å². The van der Waals surface area contributed by atoms with Gasteiger partial charge in [0.05, 0.1) is 5.02 Å². The molecule has 0 aliphatic rings. The maximum atomic E-state index is 11.2. The highest BCUT2D eigenvalue weighted by molar-refractivity contribution is 7.99. The van der Waals surface area contributed by atoms with Gasteiger partial charge in [-0.1, -0.05) is 29.4 Å². The molecule has 0 saturated carbocycles. The number of hydrogen-bond donors (Lipinski definition) is 2. The van der Waals surface area contributed by atoms with Crippen LogP contribution < -0.4 is 11.3 Å². The molecule has 0 bridgehead atoms. The van der Waals surface area contributed by atoms with Crippen LogP contribution in [0.15, 0.2) is 45.3 Å². The molecule has 0 saturated heterocycles. The summed E-state index contributed by atoms with van der Waals surface area (Å²) in [4.78, 5) is 18.7. The summed E-state index contributed by atoms with van der Waals surface area (Å²) in [5.41, 5.74) is 6.57. The molecule has 18 heavy (non-hydrogen) atoms. The van der Waals surface area contributed by atoms with Gasteiger partial charge in [-0.15, -0.1) is 0 Å². The van der Waals surface area contributed by atoms with Gasteiger partial charge in [0.25, 0.3) is 5.56 Å². The summed E-state index contributed by atoms with van der Waals surface area (Å²) in [7, 11) is 0. The Morgan fingerprint density at radius 1 is 1.44 bits per heavy atom. The molecule has 3 N–H and O–H groups in total. The summed E-state index contributed by atoms with van der Waals surface area (Å²) in [6, 6.07) is 6.93. The zero-order valence-electron chi connectivity index (χ0n) is 9.68. The molecule has 0 spiro atoms. The van der Waals surface area contributed by atoms with E-state index in [9.17, 15) is 4.79 Å². The molecule has 2 rings (SSSR count). The lowest BCUT2D eigenvalue weighted by Crippen LogP contribution is -2.05. The van der Waals surface area contributed by atoms with Gasteiger partial charge < -0.3 is 10.7 Å². The Balaban J connectivity index is 2.27. The minimum Gasteiger partial charge on any atom is -0.324 e. The van der Waals surface area contributed by atoms with Gasteiger partial charge in [0, 0.05) is 23.2 Å². The van der Waals surface area contributed by atoms with E-state index < -0.39 is 0 Å². The predicted molar refractivity (Wildman–Crippen MR) is 73.0 cm³/mol. The zero-order chi connectivity index (χ0) is 13.1. The normalized spacial score (nSPS) is 12.4. The average molecular weight is 282 g/mol. The summed E-state index contributed by atoms with van der Waals surface area (Å²) < 4.78 is 0. The van der Waals surface area contributed by atoms with Crippen molar-refractivity contribution < 1.29 is 0 Å². The number of benzene rings is 1. The lowest BCUT2D eigenvalue weighted by molar-refractivity contribution is 0.817. The van der Waals surface area contributed by atoms with Crippen LogP contribution in [0.5, 0.6) is 0 Å². The first kappa shape index (κ1) is 13.1. The Morgan fingerprint density at radius 3 is 2.83 bits per heavy atom. The largest absolute Gasteiger partial charge is 0.324 e. The quantitative estimate of drug-likeness (QED) is 0.848. The lowest BCUT2D eigenvalue weighted by Gasteiger charge is -2.08. The van der Waals surface area contributed by atoms with Crippen LogP contribution in [-0.4, -0.2) is 9.97 Å². The number of H-pyrrole nitrogens is 1. The Kier molecular flexibility index (Phi) is 4.06. The first-order valence-corrected chi connectivity index (χ1v) is 6.54. The number of halogens is 1. The second kappa shape index (κ2) is 5.56. The van der Waals surface area contributed by atoms with Crippen LogP contribution in [0.25, 0.3) is 0 Å². The van der Waals surface area contributed by atoms with E-state index in [0.717, 1.165) is 10.5 Å². The molecule has 0 radical (unpaired) electrons. The van der Waals surface area contributed by atoms with Gasteiger partial charge in [-0.25, -0.2) is 4.98 Å². The molecule has 1 aromatic heterocycles. The van der Waals surface area contributed by atoms with Crippen molar-refractivity contribution in [2.75, 3.05) is 0 Å². The molecule has 2 aromatic rings. The fraction of sp³-hybridized carbons (Fsp3) is 0.167. The zero-order valence-corrected chi connectivity index (χ0v) is 11.3. The van der Waals surface area contributed by atoms with E-state index in [2.05, 4.69) is 9.97 Å². The monoisotopic (exact) mass is 281 g/mol. The van der Waals surface area contributed by atoms with Crippen molar-refractivity contribution in [3.05, 3.63) is 51.4 Å². The molecule has 1 heterocycles. The molecule has 0 amide bonds. The van der Waals surface area contributed by atoms with E-state index in [-0.39, 0.29) is 11.6 Å². The number of rotatable bonds is 3. The molecular formula is C12H12ClN3OS. The van der Waals surface area contributed by atoms with E-state index >= 15 is 0 Å². The minimum atomic E-state index is -0.184. The van der Waals surface area contributed by atoms with Crippen LogP contribution in [0.3, 0.4) is 0 Å². The maximum Gasteiger partial charge on any atom is 0.251 e. The molecule has 6 heteroatoms. The van der Waals surface area contributed by atoms with Crippen LogP contribution in [0.2, 0.25) is 5.02 Å². The molecule has 1 atom stereocenters. The fourth-order valence-electron chi connectivity index (χ4n) is 1.39. The summed E-state index contributed by atoms with van der Waals surface area (Å²) >= 11 is 7.48. The molecule has 1 aromatic carbocycles. The number of nitrogens with two attached hydrogens (primary N) is 1. The van der Waals surface area contributed by atoms with Crippen LogP contribution in [0.4, 0.5) is 0 Å². The fourth-order valence-corrected chi connectivity index (χ4v) is 2.46. The third-order valence-electron chi connectivity index (χ3n) is 2.34. The molecule has 0 aliphatic heterocycles. The van der Waals surface area contributed by atoms with Crippen molar-refractivity contribution in [2.45, 2.75) is 23.0 Å². The van der Waals surface area contributed by atoms with E-state index in [1.165, 1.54) is 24.0 Å². The Bertz CT molecular complexity index is 612. The summed E-state index contributed by atoms with van der Waals surface area (Å²) in [5, 5.41) is 1.11. The third-order valence-corrected chi connectivity index (χ3v) is 3.74. The third kappa shape index (κ3) is 3.13. The van der Waals surface area contributed by atoms with E-state index in [1.54, 1.807) is 0 Å². The number of nitrogens with one attached hydrogen (secondary N) is 1. The smallest absolute Gasteiger partial charge is 0.251 e. The molecular weight excluding hydrogens is 270 g/mol. The van der Waals surface area contributed by atoms with Crippen molar-refractivity contribution in [2.24, 2.45) is 5.73 Å². The highest BCUT2D eigenvalue weighted by Crippen LogP contribution is 2.32. The summed E-state index contributed by atoms with van der Waals surface area (Å²) in [5.74, 6) is 0. The highest BCUT2D eigenvalue weighted by atomic mass is 35.5. The number of nitrogens with zero attached hydrogens (tertiary/aromatic N) is 1. The molecule has 0 aliphatic carbocycles. The predicted octanol–water partition coefficient (Wildman–Crippen LogP) is 2.59. The van der Waals surface area contributed by atoms with Gasteiger partial charge >= 0.3 is 0 Å². The molecule has 94 valence electrons. The summed E-state index contributed by atoms with van der Waals surface area (Å²) in [6.45, 7) is 1.90. The van der Waals surface area contributed by atoms with Crippen LogP contribution in [0.1, 0.15) is 18.5 Å². The first-order valence-electron chi connectivity index (χ1n) is 5.34. The van der Waals surface area contributed by atoms with Gasteiger partial charge in [-0.2, -0.15) is 0 Å². The van der Waals surface area contributed by atoms with Gasteiger partial charge in [0.1, 0.15) is 0 Å². The van der Waals surface area contributed by atoms with Gasteiger partial charge in [0.15, 0.2) is 5.16 Å². The summed E-state index contributed by atoms with van der Waals surface area (Å²) in [6.07, 6.45) is 1.46. The lowest BCUT2D eigenvalue weighted by atomic mass is 10.1.